The molecule has 0 aromatic rings. The number of hydrogen-bond acceptors (Lipinski definition) is 4. The minimum absolute atomic E-state index is 0.0684. The summed E-state index contributed by atoms with van der Waals surface area (Å²) in [7, 11) is 1.15. The maximum absolute atomic E-state index is 14.5. The Hall–Kier alpha value is -1.33. The predicted molar refractivity (Wildman–Crippen MR) is 67.5 cm³/mol. The average Bonchev–Trinajstić information content (AvgIpc) is 2.49. The van der Waals surface area contributed by atoms with Gasteiger partial charge in [0, 0.05) is 6.54 Å². The minimum atomic E-state index is -2.14. The van der Waals surface area contributed by atoms with Crippen LogP contribution in [0.15, 0.2) is 0 Å². The monoisotopic (exact) mass is 275 g/mol. The molecule has 0 aromatic carbocycles. The van der Waals surface area contributed by atoms with Crippen LogP contribution in [0.25, 0.3) is 0 Å². The molecule has 1 heterocycles. The molecule has 5 nitrogen and oxygen atoms in total. The van der Waals surface area contributed by atoms with E-state index >= 15 is 0 Å². The molecule has 0 spiro atoms. The van der Waals surface area contributed by atoms with Gasteiger partial charge < -0.3 is 14.4 Å². The second kappa shape index (κ2) is 5.75. The van der Waals surface area contributed by atoms with E-state index in [0.29, 0.717) is 19.4 Å². The minimum Gasteiger partial charge on any atom is -0.467 e. The van der Waals surface area contributed by atoms with Crippen LogP contribution in [0.5, 0.6) is 0 Å². The van der Waals surface area contributed by atoms with Crippen molar-refractivity contribution in [3.8, 4) is 0 Å². The highest BCUT2D eigenvalue weighted by molar-refractivity contribution is 5.80. The number of hydrogen-bond donors (Lipinski definition) is 0. The van der Waals surface area contributed by atoms with Gasteiger partial charge in [-0.15, -0.1) is 0 Å². The molecule has 1 aliphatic heterocycles. The van der Waals surface area contributed by atoms with Gasteiger partial charge in [0.1, 0.15) is 5.60 Å². The number of halogens is 1. The van der Waals surface area contributed by atoms with Crippen LogP contribution >= 0.6 is 0 Å². The van der Waals surface area contributed by atoms with Crippen molar-refractivity contribution in [2.24, 2.45) is 0 Å². The first kappa shape index (κ1) is 15.7. The number of amides is 1. The first-order valence-corrected chi connectivity index (χ1v) is 6.43. The summed E-state index contributed by atoms with van der Waals surface area (Å²) in [6, 6.07) is 0. The largest absolute Gasteiger partial charge is 0.467 e. The first-order chi connectivity index (χ1) is 8.68. The van der Waals surface area contributed by atoms with Gasteiger partial charge in [0.25, 0.3) is 0 Å². The van der Waals surface area contributed by atoms with Crippen molar-refractivity contribution in [1.29, 1.82) is 0 Å². The van der Waals surface area contributed by atoms with Crippen molar-refractivity contribution < 1.29 is 23.5 Å². The lowest BCUT2D eigenvalue weighted by Crippen LogP contribution is -2.48. The van der Waals surface area contributed by atoms with E-state index < -0.39 is 23.3 Å². The van der Waals surface area contributed by atoms with Gasteiger partial charge in [-0.3, -0.25) is 0 Å². The summed E-state index contributed by atoms with van der Waals surface area (Å²) >= 11 is 0. The fourth-order valence-corrected chi connectivity index (χ4v) is 2.00. The number of likely N-dealkylation sites (tertiary alicyclic amines) is 1. The molecule has 1 unspecified atom stereocenters. The molecule has 0 bridgehead atoms. The van der Waals surface area contributed by atoms with Crippen LogP contribution in [0, 0.1) is 0 Å². The van der Waals surface area contributed by atoms with Gasteiger partial charge in [0.2, 0.25) is 5.67 Å². The molecule has 1 amide bonds. The number of rotatable bonds is 1. The van der Waals surface area contributed by atoms with Crippen LogP contribution in [-0.4, -0.2) is 48.4 Å². The van der Waals surface area contributed by atoms with Crippen LogP contribution in [0.2, 0.25) is 0 Å². The highest BCUT2D eigenvalue weighted by atomic mass is 19.1. The van der Waals surface area contributed by atoms with Gasteiger partial charge in [0.15, 0.2) is 0 Å². The van der Waals surface area contributed by atoms with E-state index in [1.165, 1.54) is 4.90 Å². The Labute approximate surface area is 113 Å². The fraction of sp³-hybridized carbons (Fsp3) is 0.846. The molecule has 6 heteroatoms. The normalized spacial score (nSPS) is 24.6. The van der Waals surface area contributed by atoms with Crippen molar-refractivity contribution in [2.45, 2.75) is 51.3 Å². The molecule has 1 atom stereocenters. The Morgan fingerprint density at radius 3 is 2.42 bits per heavy atom. The van der Waals surface area contributed by atoms with E-state index in [1.54, 1.807) is 20.8 Å². The van der Waals surface area contributed by atoms with Gasteiger partial charge >= 0.3 is 12.1 Å². The Morgan fingerprint density at radius 2 is 1.89 bits per heavy atom. The van der Waals surface area contributed by atoms with Crippen LogP contribution in [0.4, 0.5) is 9.18 Å². The Kier molecular flexibility index (Phi) is 4.76. The molecule has 0 aliphatic carbocycles. The summed E-state index contributed by atoms with van der Waals surface area (Å²) in [5, 5.41) is 0. The number of methoxy groups -OCH3 is 1. The van der Waals surface area contributed by atoms with Gasteiger partial charge in [0.05, 0.1) is 13.7 Å². The Balaban J connectivity index is 2.79. The van der Waals surface area contributed by atoms with Crippen molar-refractivity contribution in [2.75, 3.05) is 20.2 Å². The fourth-order valence-electron chi connectivity index (χ4n) is 2.00. The second-order valence-electron chi connectivity index (χ2n) is 5.82. The maximum Gasteiger partial charge on any atom is 0.410 e. The van der Waals surface area contributed by atoms with Gasteiger partial charge in [-0.25, -0.2) is 14.0 Å². The first-order valence-electron chi connectivity index (χ1n) is 6.43. The van der Waals surface area contributed by atoms with E-state index in [2.05, 4.69) is 4.74 Å². The molecular weight excluding hydrogens is 253 g/mol. The van der Waals surface area contributed by atoms with Gasteiger partial charge in [-0.05, 0) is 40.0 Å². The lowest BCUT2D eigenvalue weighted by Gasteiger charge is -2.29. The number of ether oxygens (including phenoxy) is 2. The van der Waals surface area contributed by atoms with Gasteiger partial charge in [-0.2, -0.15) is 0 Å². The van der Waals surface area contributed by atoms with E-state index in [1.807, 2.05) is 0 Å². The Bertz CT molecular complexity index is 353. The highest BCUT2D eigenvalue weighted by Crippen LogP contribution is 2.27. The Morgan fingerprint density at radius 1 is 1.26 bits per heavy atom. The van der Waals surface area contributed by atoms with Crippen LogP contribution in [-0.2, 0) is 14.3 Å². The van der Waals surface area contributed by atoms with E-state index in [0.717, 1.165) is 7.11 Å². The molecule has 1 fully saturated rings. The summed E-state index contributed by atoms with van der Waals surface area (Å²) in [5.74, 6) is -0.928. The van der Waals surface area contributed by atoms with Crippen molar-refractivity contribution >= 4 is 12.1 Å². The number of nitrogens with zero attached hydrogens (tertiary/aromatic N) is 1. The van der Waals surface area contributed by atoms with E-state index in [4.69, 9.17) is 4.74 Å². The lowest BCUT2D eigenvalue weighted by molar-refractivity contribution is -0.156. The highest BCUT2D eigenvalue weighted by Gasteiger charge is 2.44. The summed E-state index contributed by atoms with van der Waals surface area (Å²) in [6.45, 7) is 5.30. The molecule has 1 rings (SSSR count). The van der Waals surface area contributed by atoms with E-state index in [9.17, 15) is 14.0 Å². The van der Waals surface area contributed by atoms with Crippen molar-refractivity contribution in [1.82, 2.24) is 4.90 Å². The second-order valence-corrected chi connectivity index (χ2v) is 5.82. The number of carbonyl (C=O) groups is 2. The maximum atomic E-state index is 14.5. The topological polar surface area (TPSA) is 55.8 Å². The summed E-state index contributed by atoms with van der Waals surface area (Å²) in [4.78, 5) is 24.7. The zero-order valence-corrected chi connectivity index (χ0v) is 12.0. The number of alkyl halides is 1. The quantitative estimate of drug-likeness (QED) is 0.689. The summed E-state index contributed by atoms with van der Waals surface area (Å²) in [6.07, 6.45) is 0.645. The molecule has 1 aliphatic rings. The lowest BCUT2D eigenvalue weighted by atomic mass is 10.0. The van der Waals surface area contributed by atoms with Crippen LogP contribution in [0.1, 0.15) is 40.0 Å². The zero-order valence-electron chi connectivity index (χ0n) is 12.0. The van der Waals surface area contributed by atoms with Crippen molar-refractivity contribution in [3.05, 3.63) is 0 Å². The third-order valence-electron chi connectivity index (χ3n) is 2.90. The third kappa shape index (κ3) is 4.36. The molecular formula is C13H22FNO4. The third-order valence-corrected chi connectivity index (χ3v) is 2.90. The molecule has 1 saturated heterocycles. The smallest absolute Gasteiger partial charge is 0.410 e. The number of carbonyl (C=O) groups excluding carboxylic acids is 2. The molecule has 0 saturated carbocycles. The molecule has 110 valence electrons. The molecule has 0 radical (unpaired) electrons. The predicted octanol–water partition coefficient (Wildman–Crippen LogP) is 2.29. The zero-order chi connectivity index (χ0) is 14.7. The summed E-state index contributed by atoms with van der Waals surface area (Å²) < 4.78 is 24.2. The molecule has 0 aromatic heterocycles. The SMILES string of the molecule is COC(=O)C1(F)CCCCN(C(=O)OC(C)(C)C)C1. The van der Waals surface area contributed by atoms with Gasteiger partial charge in [-0.1, -0.05) is 0 Å². The molecule has 19 heavy (non-hydrogen) atoms. The van der Waals surface area contributed by atoms with Crippen LogP contribution in [0.3, 0.4) is 0 Å². The van der Waals surface area contributed by atoms with Crippen molar-refractivity contribution in [3.63, 3.8) is 0 Å². The van der Waals surface area contributed by atoms with Crippen LogP contribution < -0.4 is 0 Å². The average molecular weight is 275 g/mol. The molecule has 0 N–H and O–H groups in total. The summed E-state index contributed by atoms with van der Waals surface area (Å²) in [5.41, 5.74) is -2.78. The van der Waals surface area contributed by atoms with E-state index in [-0.39, 0.29) is 13.0 Å². The standard InChI is InChI=1S/C13H22FNO4/c1-12(2,3)19-11(17)15-8-6-5-7-13(14,9-15)10(16)18-4/h5-9H2,1-4H3. The number of esters is 1.